The predicted molar refractivity (Wildman–Crippen MR) is 237 cm³/mol. The van der Waals surface area contributed by atoms with Gasteiger partial charge in [-0.2, -0.15) is 0 Å². The molecule has 0 radical (unpaired) electrons. The molecule has 0 aromatic carbocycles. The summed E-state index contributed by atoms with van der Waals surface area (Å²) in [5, 5.41) is 0. The SMILES string of the molecule is CCCCCCCCCCC(CCCCCCC)N(CCCCCCCC(=O)OCCC(CCCCCCC)CCCCCCC)C(=O)CCCN(C)C. The lowest BCUT2D eigenvalue weighted by Crippen LogP contribution is -2.41. The van der Waals surface area contributed by atoms with Gasteiger partial charge in [0.05, 0.1) is 6.61 Å². The van der Waals surface area contributed by atoms with E-state index in [4.69, 9.17) is 4.74 Å². The topological polar surface area (TPSA) is 49.9 Å². The minimum atomic E-state index is -0.00289. The first-order valence-electron chi connectivity index (χ1n) is 24.5. The van der Waals surface area contributed by atoms with Crippen molar-refractivity contribution in [3.8, 4) is 0 Å². The van der Waals surface area contributed by atoms with E-state index in [-0.39, 0.29) is 5.97 Å². The van der Waals surface area contributed by atoms with Gasteiger partial charge in [0, 0.05) is 25.4 Å². The van der Waals surface area contributed by atoms with Crippen molar-refractivity contribution in [2.45, 2.75) is 265 Å². The molecule has 0 saturated heterocycles. The largest absolute Gasteiger partial charge is 0.466 e. The van der Waals surface area contributed by atoms with Gasteiger partial charge in [-0.25, -0.2) is 0 Å². The van der Waals surface area contributed by atoms with E-state index in [1.165, 1.54) is 173 Å². The van der Waals surface area contributed by atoms with Gasteiger partial charge in [-0.3, -0.25) is 9.59 Å². The molecule has 0 saturated carbocycles. The van der Waals surface area contributed by atoms with E-state index in [9.17, 15) is 9.59 Å². The van der Waals surface area contributed by atoms with Crippen molar-refractivity contribution in [1.29, 1.82) is 0 Å². The zero-order valence-corrected chi connectivity index (χ0v) is 37.9. The van der Waals surface area contributed by atoms with Crippen molar-refractivity contribution in [1.82, 2.24) is 9.80 Å². The molecule has 54 heavy (non-hydrogen) atoms. The van der Waals surface area contributed by atoms with Crippen LogP contribution in [0.4, 0.5) is 0 Å². The molecule has 1 unspecified atom stereocenters. The quantitative estimate of drug-likeness (QED) is 0.0458. The third-order valence-corrected chi connectivity index (χ3v) is 11.8. The molecule has 0 aliphatic carbocycles. The molecule has 0 heterocycles. The van der Waals surface area contributed by atoms with Crippen LogP contribution in [0, 0.1) is 5.92 Å². The predicted octanol–water partition coefficient (Wildman–Crippen LogP) is 15.0. The number of unbranched alkanes of at least 4 members (excludes halogenated alkanes) is 23. The summed E-state index contributed by atoms with van der Waals surface area (Å²) in [5.41, 5.74) is 0. The average Bonchev–Trinajstić information content (AvgIpc) is 3.15. The standard InChI is InChI=1S/C49H98N2O3/c1-7-11-15-19-20-21-26-32-39-47(38-31-25-18-14-10-4)51(48(52)40-35-43-50(5)6)44-34-28-22-27-33-41-49(53)54-45-42-46(36-29-23-16-12-8-2)37-30-24-17-13-9-3/h46-47H,7-45H2,1-6H3. The number of esters is 1. The minimum absolute atomic E-state index is 0.00289. The maximum atomic E-state index is 13.7. The lowest BCUT2D eigenvalue weighted by molar-refractivity contribution is -0.144. The molecule has 5 heteroatoms. The molecule has 0 aliphatic rings. The van der Waals surface area contributed by atoms with Crippen LogP contribution >= 0.6 is 0 Å². The summed E-state index contributed by atoms with van der Waals surface area (Å²) in [4.78, 5) is 30.9. The monoisotopic (exact) mass is 763 g/mol. The molecule has 0 aromatic heterocycles. The second-order valence-corrected chi connectivity index (χ2v) is 17.4. The van der Waals surface area contributed by atoms with Crippen molar-refractivity contribution in [2.75, 3.05) is 33.8 Å². The number of rotatable bonds is 43. The summed E-state index contributed by atoms with van der Waals surface area (Å²) < 4.78 is 5.76. The van der Waals surface area contributed by atoms with Gasteiger partial charge in [0.15, 0.2) is 0 Å². The van der Waals surface area contributed by atoms with Crippen LogP contribution in [0.5, 0.6) is 0 Å². The number of carbonyl (C=O) groups is 2. The van der Waals surface area contributed by atoms with Gasteiger partial charge in [-0.05, 0) is 65.1 Å². The number of nitrogens with zero attached hydrogens (tertiary/aromatic N) is 2. The molecular formula is C49H98N2O3. The van der Waals surface area contributed by atoms with E-state index in [1.807, 2.05) is 0 Å². The lowest BCUT2D eigenvalue weighted by atomic mass is 9.92. The maximum Gasteiger partial charge on any atom is 0.305 e. The van der Waals surface area contributed by atoms with E-state index in [1.54, 1.807) is 0 Å². The second-order valence-electron chi connectivity index (χ2n) is 17.4. The fourth-order valence-corrected chi connectivity index (χ4v) is 8.15. The Morgan fingerprint density at radius 1 is 0.426 bits per heavy atom. The number of amides is 1. The van der Waals surface area contributed by atoms with Crippen LogP contribution in [-0.4, -0.2) is 61.5 Å². The van der Waals surface area contributed by atoms with E-state index in [0.29, 0.717) is 37.3 Å². The molecule has 0 fully saturated rings. The van der Waals surface area contributed by atoms with Gasteiger partial charge < -0.3 is 14.5 Å². The van der Waals surface area contributed by atoms with Gasteiger partial charge in [-0.1, -0.05) is 207 Å². The highest BCUT2D eigenvalue weighted by Gasteiger charge is 2.23. The van der Waals surface area contributed by atoms with E-state index in [0.717, 1.165) is 58.0 Å². The Hall–Kier alpha value is -1.10. The Balaban J connectivity index is 4.79. The van der Waals surface area contributed by atoms with Crippen LogP contribution < -0.4 is 0 Å². The summed E-state index contributed by atoms with van der Waals surface area (Å²) in [6.07, 6.45) is 44.1. The molecular weight excluding hydrogens is 665 g/mol. The molecule has 322 valence electrons. The molecule has 1 atom stereocenters. The minimum Gasteiger partial charge on any atom is -0.466 e. The highest BCUT2D eigenvalue weighted by molar-refractivity contribution is 5.76. The smallest absolute Gasteiger partial charge is 0.305 e. The normalized spacial score (nSPS) is 12.2. The van der Waals surface area contributed by atoms with Crippen LogP contribution in [0.15, 0.2) is 0 Å². The third kappa shape index (κ3) is 35.3. The number of hydrogen-bond donors (Lipinski definition) is 0. The number of carbonyl (C=O) groups excluding carboxylic acids is 2. The lowest BCUT2D eigenvalue weighted by Gasteiger charge is -2.33. The highest BCUT2D eigenvalue weighted by Crippen LogP contribution is 2.24. The van der Waals surface area contributed by atoms with Crippen LogP contribution in [0.1, 0.15) is 259 Å². The molecule has 0 aliphatic heterocycles. The van der Waals surface area contributed by atoms with Crippen molar-refractivity contribution in [3.63, 3.8) is 0 Å². The fourth-order valence-electron chi connectivity index (χ4n) is 8.15. The Bertz CT molecular complexity index is 773. The molecule has 0 aromatic rings. The van der Waals surface area contributed by atoms with Gasteiger partial charge in [-0.15, -0.1) is 0 Å². The zero-order chi connectivity index (χ0) is 39.7. The Kier molecular flexibility index (Phi) is 40.7. The van der Waals surface area contributed by atoms with Gasteiger partial charge in [0.1, 0.15) is 0 Å². The fraction of sp³-hybridized carbons (Fsp3) is 0.959. The first-order chi connectivity index (χ1) is 26.4. The van der Waals surface area contributed by atoms with Crippen LogP contribution in [-0.2, 0) is 14.3 Å². The van der Waals surface area contributed by atoms with Crippen LogP contribution in [0.25, 0.3) is 0 Å². The molecule has 0 N–H and O–H groups in total. The second kappa shape index (κ2) is 41.5. The average molecular weight is 763 g/mol. The van der Waals surface area contributed by atoms with E-state index in [2.05, 4.69) is 51.6 Å². The first kappa shape index (κ1) is 52.9. The van der Waals surface area contributed by atoms with Crippen molar-refractivity contribution < 1.29 is 14.3 Å². The van der Waals surface area contributed by atoms with Crippen molar-refractivity contribution in [2.24, 2.45) is 5.92 Å². The summed E-state index contributed by atoms with van der Waals surface area (Å²) in [6, 6.07) is 0.398. The van der Waals surface area contributed by atoms with Crippen molar-refractivity contribution >= 4 is 11.9 Å². The Labute approximate surface area is 339 Å². The molecule has 5 nitrogen and oxygen atoms in total. The summed E-state index contributed by atoms with van der Waals surface area (Å²) in [6.45, 7) is 11.6. The summed E-state index contributed by atoms with van der Waals surface area (Å²) in [7, 11) is 4.21. The molecule has 1 amide bonds. The molecule has 0 rings (SSSR count). The zero-order valence-electron chi connectivity index (χ0n) is 37.9. The Morgan fingerprint density at radius 3 is 1.30 bits per heavy atom. The van der Waals surface area contributed by atoms with Gasteiger partial charge in [0.2, 0.25) is 5.91 Å². The first-order valence-corrected chi connectivity index (χ1v) is 24.5. The van der Waals surface area contributed by atoms with E-state index < -0.39 is 0 Å². The molecule has 0 spiro atoms. The molecule has 0 bridgehead atoms. The highest BCUT2D eigenvalue weighted by atomic mass is 16.5. The number of hydrogen-bond acceptors (Lipinski definition) is 4. The number of ether oxygens (including phenoxy) is 1. The summed E-state index contributed by atoms with van der Waals surface area (Å²) >= 11 is 0. The maximum absolute atomic E-state index is 13.7. The van der Waals surface area contributed by atoms with Gasteiger partial charge in [0.25, 0.3) is 0 Å². The van der Waals surface area contributed by atoms with Crippen molar-refractivity contribution in [3.05, 3.63) is 0 Å². The Morgan fingerprint density at radius 2 is 0.833 bits per heavy atom. The van der Waals surface area contributed by atoms with Crippen LogP contribution in [0.2, 0.25) is 0 Å². The van der Waals surface area contributed by atoms with E-state index >= 15 is 0 Å². The summed E-state index contributed by atoms with van der Waals surface area (Å²) in [5.74, 6) is 1.09. The van der Waals surface area contributed by atoms with Crippen LogP contribution in [0.3, 0.4) is 0 Å². The van der Waals surface area contributed by atoms with Gasteiger partial charge >= 0.3 is 5.97 Å². The third-order valence-electron chi connectivity index (χ3n) is 11.8.